The average molecular weight is 223 g/mol. The molecular formula is C11H13NO4. The Labute approximate surface area is 93.1 Å². The minimum Gasteiger partial charge on any atom is -0.504 e. The number of hydrogen-bond donors (Lipinski definition) is 1. The number of nitro benzene ring substituents is 1. The van der Waals surface area contributed by atoms with Gasteiger partial charge in [0.25, 0.3) is 5.69 Å². The Balaban J connectivity index is 3.30. The second kappa shape index (κ2) is 5.16. The molecule has 1 N–H and O–H groups in total. The highest BCUT2D eigenvalue weighted by Gasteiger charge is 2.14. The molecule has 1 aromatic carbocycles. The fraction of sp³-hybridized carbons (Fsp3) is 0.273. The van der Waals surface area contributed by atoms with Gasteiger partial charge in [-0.1, -0.05) is 19.1 Å². The van der Waals surface area contributed by atoms with E-state index in [9.17, 15) is 15.2 Å². The number of hydrogen-bond acceptors (Lipinski definition) is 4. The maximum Gasteiger partial charge on any atom is 0.274 e. The third-order valence-corrected chi connectivity index (χ3v) is 2.03. The summed E-state index contributed by atoms with van der Waals surface area (Å²) in [4.78, 5) is 10.1. The standard InChI is InChI=1S/C11H13NO4/c1-3-4-5-8-6-9(12(14)15)7-10(13)11(8)16-2/h4-7,13H,3H2,1-2H3. The maximum absolute atomic E-state index is 10.6. The van der Waals surface area contributed by atoms with Crippen molar-refractivity contribution in [1.82, 2.24) is 0 Å². The van der Waals surface area contributed by atoms with Gasteiger partial charge in [0.1, 0.15) is 0 Å². The molecule has 1 rings (SSSR count). The molecule has 0 saturated carbocycles. The van der Waals surface area contributed by atoms with E-state index >= 15 is 0 Å². The summed E-state index contributed by atoms with van der Waals surface area (Å²) in [5.74, 6) is 0.0164. The molecule has 0 amide bonds. The lowest BCUT2D eigenvalue weighted by atomic mass is 10.1. The molecule has 0 aromatic heterocycles. The number of allylic oxidation sites excluding steroid dienone is 1. The topological polar surface area (TPSA) is 72.6 Å². The van der Waals surface area contributed by atoms with Gasteiger partial charge in [0, 0.05) is 11.6 Å². The van der Waals surface area contributed by atoms with Crippen molar-refractivity contribution in [3.63, 3.8) is 0 Å². The first-order valence-corrected chi connectivity index (χ1v) is 4.82. The number of phenolic OH excluding ortho intramolecular Hbond substituents is 1. The van der Waals surface area contributed by atoms with Gasteiger partial charge in [0.15, 0.2) is 11.5 Å². The number of benzene rings is 1. The number of methoxy groups -OCH3 is 1. The highest BCUT2D eigenvalue weighted by molar-refractivity contribution is 5.66. The summed E-state index contributed by atoms with van der Waals surface area (Å²) in [6.07, 6.45) is 4.32. The minimum absolute atomic E-state index is 0.158. The van der Waals surface area contributed by atoms with Crippen molar-refractivity contribution in [2.75, 3.05) is 7.11 Å². The molecule has 0 spiro atoms. The van der Waals surface area contributed by atoms with E-state index in [1.807, 2.05) is 13.0 Å². The Morgan fingerprint density at radius 1 is 1.56 bits per heavy atom. The van der Waals surface area contributed by atoms with E-state index < -0.39 is 4.92 Å². The van der Waals surface area contributed by atoms with Gasteiger partial charge in [0.2, 0.25) is 0 Å². The fourth-order valence-electron chi connectivity index (χ4n) is 1.32. The van der Waals surface area contributed by atoms with Crippen LogP contribution in [0.2, 0.25) is 0 Å². The van der Waals surface area contributed by atoms with Crippen molar-refractivity contribution in [3.8, 4) is 11.5 Å². The minimum atomic E-state index is -0.553. The van der Waals surface area contributed by atoms with Crippen LogP contribution < -0.4 is 4.74 Å². The van der Waals surface area contributed by atoms with E-state index in [2.05, 4.69) is 0 Å². The number of phenols is 1. The molecule has 0 atom stereocenters. The summed E-state index contributed by atoms with van der Waals surface area (Å²) in [7, 11) is 1.41. The summed E-state index contributed by atoms with van der Waals surface area (Å²) in [6.45, 7) is 1.94. The summed E-state index contributed by atoms with van der Waals surface area (Å²) >= 11 is 0. The quantitative estimate of drug-likeness (QED) is 0.629. The lowest BCUT2D eigenvalue weighted by molar-refractivity contribution is -0.385. The zero-order valence-electron chi connectivity index (χ0n) is 9.14. The Morgan fingerprint density at radius 2 is 2.25 bits per heavy atom. The molecule has 0 fully saturated rings. The van der Waals surface area contributed by atoms with Crippen LogP contribution in [-0.2, 0) is 0 Å². The zero-order chi connectivity index (χ0) is 12.1. The normalized spacial score (nSPS) is 10.6. The van der Waals surface area contributed by atoms with Gasteiger partial charge < -0.3 is 9.84 Å². The molecule has 86 valence electrons. The van der Waals surface area contributed by atoms with Crippen molar-refractivity contribution in [3.05, 3.63) is 33.9 Å². The fourth-order valence-corrected chi connectivity index (χ4v) is 1.32. The van der Waals surface area contributed by atoms with Gasteiger partial charge in [0.05, 0.1) is 18.1 Å². The molecule has 0 radical (unpaired) electrons. The van der Waals surface area contributed by atoms with Crippen LogP contribution in [-0.4, -0.2) is 17.1 Å². The van der Waals surface area contributed by atoms with E-state index in [0.717, 1.165) is 12.5 Å². The average Bonchev–Trinajstić information content (AvgIpc) is 2.25. The number of nitrogens with zero attached hydrogens (tertiary/aromatic N) is 1. The third-order valence-electron chi connectivity index (χ3n) is 2.03. The number of ether oxygens (including phenoxy) is 1. The molecule has 0 aliphatic carbocycles. The van der Waals surface area contributed by atoms with Crippen molar-refractivity contribution in [1.29, 1.82) is 0 Å². The predicted molar refractivity (Wildman–Crippen MR) is 60.6 cm³/mol. The van der Waals surface area contributed by atoms with Crippen LogP contribution in [0.1, 0.15) is 18.9 Å². The first kappa shape index (κ1) is 12.0. The van der Waals surface area contributed by atoms with Crippen molar-refractivity contribution >= 4 is 11.8 Å². The largest absolute Gasteiger partial charge is 0.504 e. The summed E-state index contributed by atoms with van der Waals surface area (Å²) in [5.41, 5.74) is 0.338. The molecule has 5 nitrogen and oxygen atoms in total. The SMILES string of the molecule is CCC=Cc1cc([N+](=O)[O-])cc(O)c1OC. The molecule has 0 aliphatic heterocycles. The molecule has 16 heavy (non-hydrogen) atoms. The van der Waals surface area contributed by atoms with Crippen LogP contribution in [0.5, 0.6) is 11.5 Å². The predicted octanol–water partition coefficient (Wildman–Crippen LogP) is 2.73. The van der Waals surface area contributed by atoms with Crippen molar-refractivity contribution in [2.45, 2.75) is 13.3 Å². The maximum atomic E-state index is 10.6. The highest BCUT2D eigenvalue weighted by atomic mass is 16.6. The third kappa shape index (κ3) is 2.50. The summed E-state index contributed by atoms with van der Waals surface area (Å²) in [5, 5.41) is 20.2. The molecule has 0 aliphatic rings. The molecule has 0 heterocycles. The van der Waals surface area contributed by atoms with Gasteiger partial charge in [-0.2, -0.15) is 0 Å². The monoisotopic (exact) mass is 223 g/mol. The number of rotatable bonds is 4. The van der Waals surface area contributed by atoms with E-state index in [-0.39, 0.29) is 17.2 Å². The lowest BCUT2D eigenvalue weighted by Gasteiger charge is -2.06. The Bertz CT molecular complexity index is 426. The van der Waals surface area contributed by atoms with Crippen LogP contribution in [0.3, 0.4) is 0 Å². The lowest BCUT2D eigenvalue weighted by Crippen LogP contribution is -1.92. The zero-order valence-corrected chi connectivity index (χ0v) is 9.14. The van der Waals surface area contributed by atoms with Crippen LogP contribution in [0.25, 0.3) is 6.08 Å². The van der Waals surface area contributed by atoms with Gasteiger partial charge >= 0.3 is 0 Å². The Hall–Kier alpha value is -2.04. The van der Waals surface area contributed by atoms with Crippen LogP contribution in [0, 0.1) is 10.1 Å². The van der Waals surface area contributed by atoms with E-state index in [4.69, 9.17) is 4.74 Å². The van der Waals surface area contributed by atoms with Gasteiger partial charge in [-0.25, -0.2) is 0 Å². The summed E-state index contributed by atoms with van der Waals surface area (Å²) in [6, 6.07) is 2.44. The highest BCUT2D eigenvalue weighted by Crippen LogP contribution is 2.35. The molecule has 0 bridgehead atoms. The smallest absolute Gasteiger partial charge is 0.274 e. The van der Waals surface area contributed by atoms with Crippen molar-refractivity contribution < 1.29 is 14.8 Å². The van der Waals surface area contributed by atoms with Crippen LogP contribution in [0.15, 0.2) is 18.2 Å². The van der Waals surface area contributed by atoms with Crippen molar-refractivity contribution in [2.24, 2.45) is 0 Å². The Kier molecular flexibility index (Phi) is 3.88. The first-order chi connectivity index (χ1) is 7.60. The number of non-ortho nitro benzene ring substituents is 1. The molecule has 5 heteroatoms. The molecule has 0 unspecified atom stereocenters. The Morgan fingerprint density at radius 3 is 2.75 bits per heavy atom. The molecular weight excluding hydrogens is 210 g/mol. The molecule has 1 aromatic rings. The van der Waals surface area contributed by atoms with Gasteiger partial charge in [-0.15, -0.1) is 0 Å². The first-order valence-electron chi connectivity index (χ1n) is 4.82. The van der Waals surface area contributed by atoms with Gasteiger partial charge in [-0.3, -0.25) is 10.1 Å². The second-order valence-corrected chi connectivity index (χ2v) is 3.16. The van der Waals surface area contributed by atoms with E-state index in [1.165, 1.54) is 13.2 Å². The number of aromatic hydroxyl groups is 1. The summed E-state index contributed by atoms with van der Waals surface area (Å²) < 4.78 is 4.98. The van der Waals surface area contributed by atoms with Crippen LogP contribution in [0.4, 0.5) is 5.69 Å². The number of nitro groups is 1. The molecule has 0 saturated heterocycles. The van der Waals surface area contributed by atoms with E-state index in [0.29, 0.717) is 5.56 Å². The van der Waals surface area contributed by atoms with Gasteiger partial charge in [-0.05, 0) is 6.42 Å². The van der Waals surface area contributed by atoms with Crippen LogP contribution >= 0.6 is 0 Å². The van der Waals surface area contributed by atoms with E-state index in [1.54, 1.807) is 6.08 Å². The second-order valence-electron chi connectivity index (χ2n) is 3.16.